The van der Waals surface area contributed by atoms with E-state index in [0.717, 1.165) is 28.3 Å². The Bertz CT molecular complexity index is 333. The van der Waals surface area contributed by atoms with Crippen LogP contribution in [0.3, 0.4) is 0 Å². The van der Waals surface area contributed by atoms with Gasteiger partial charge in [-0.3, -0.25) is 0 Å². The molecule has 0 saturated carbocycles. The Balaban J connectivity index is 2.79. The molecule has 0 aliphatic rings. The van der Waals surface area contributed by atoms with Gasteiger partial charge in [-0.05, 0) is 31.0 Å². The summed E-state index contributed by atoms with van der Waals surface area (Å²) < 4.78 is 1.04. The number of nitrogens with zero attached hydrogens (tertiary/aromatic N) is 1. The van der Waals surface area contributed by atoms with E-state index in [4.69, 9.17) is 11.6 Å². The van der Waals surface area contributed by atoms with Gasteiger partial charge in [-0.15, -0.1) is 0 Å². The average Bonchev–Trinajstić information content (AvgIpc) is 2.30. The number of unbranched alkanes of at least 4 members (excludes halogenated alkanes) is 2. The van der Waals surface area contributed by atoms with Crippen molar-refractivity contribution in [1.29, 1.82) is 0 Å². The summed E-state index contributed by atoms with van der Waals surface area (Å²) in [7, 11) is 0. The number of hydrogen-bond acceptors (Lipinski definition) is 1. The first-order valence-electron chi connectivity index (χ1n) is 6.39. The zero-order valence-corrected chi connectivity index (χ0v) is 13.0. The number of rotatable bonds is 7. The third kappa shape index (κ3) is 4.89. The fourth-order valence-electron chi connectivity index (χ4n) is 1.79. The van der Waals surface area contributed by atoms with Gasteiger partial charge in [0.1, 0.15) is 0 Å². The van der Waals surface area contributed by atoms with Crippen LogP contribution in [0, 0.1) is 0 Å². The van der Waals surface area contributed by atoms with Crippen LogP contribution in [0.1, 0.15) is 39.5 Å². The Morgan fingerprint density at radius 3 is 2.18 bits per heavy atom. The molecule has 0 bridgehead atoms. The Hall–Kier alpha value is -0.210. The molecule has 1 aromatic rings. The molecule has 0 aliphatic carbocycles. The van der Waals surface area contributed by atoms with Crippen LogP contribution >= 0.6 is 27.5 Å². The molecule has 0 aliphatic heterocycles. The van der Waals surface area contributed by atoms with Crippen LogP contribution in [0.25, 0.3) is 0 Å². The third-order valence-corrected chi connectivity index (χ3v) is 3.61. The molecule has 1 rings (SSSR count). The van der Waals surface area contributed by atoms with Crippen molar-refractivity contribution in [2.45, 2.75) is 39.5 Å². The van der Waals surface area contributed by atoms with Gasteiger partial charge in [-0.2, -0.15) is 0 Å². The zero-order valence-electron chi connectivity index (χ0n) is 10.7. The molecule has 1 aromatic carbocycles. The molecule has 96 valence electrons. The minimum atomic E-state index is 0.839. The van der Waals surface area contributed by atoms with E-state index < -0.39 is 0 Å². The highest BCUT2D eigenvalue weighted by molar-refractivity contribution is 9.10. The molecule has 17 heavy (non-hydrogen) atoms. The van der Waals surface area contributed by atoms with E-state index in [1.807, 2.05) is 6.07 Å². The smallest absolute Gasteiger partial charge is 0.0650 e. The lowest BCUT2D eigenvalue weighted by Gasteiger charge is -2.25. The Labute approximate surface area is 118 Å². The van der Waals surface area contributed by atoms with E-state index in [2.05, 4.69) is 46.8 Å². The number of halogens is 2. The lowest BCUT2D eigenvalue weighted by Crippen LogP contribution is -2.25. The molecule has 1 nitrogen and oxygen atoms in total. The summed E-state index contributed by atoms with van der Waals surface area (Å²) in [5.74, 6) is 0. The molecule has 0 radical (unpaired) electrons. The Morgan fingerprint density at radius 2 is 1.71 bits per heavy atom. The number of benzene rings is 1. The molecule has 0 saturated heterocycles. The normalized spacial score (nSPS) is 10.6. The van der Waals surface area contributed by atoms with E-state index in [1.54, 1.807) is 0 Å². The standard InChI is InChI=1S/C14H21BrClN/c1-3-5-9-17(10-6-4-2)14-8-7-12(15)11-13(14)16/h7-8,11H,3-6,9-10H2,1-2H3. The Kier molecular flexibility index (Phi) is 6.98. The first-order chi connectivity index (χ1) is 8.19. The predicted octanol–water partition coefficient (Wildman–Crippen LogP) is 5.51. The van der Waals surface area contributed by atoms with Crippen molar-refractivity contribution in [3.8, 4) is 0 Å². The summed E-state index contributed by atoms with van der Waals surface area (Å²) in [5.41, 5.74) is 1.16. The van der Waals surface area contributed by atoms with Crippen LogP contribution in [0.2, 0.25) is 5.02 Å². The molecule has 0 fully saturated rings. The van der Waals surface area contributed by atoms with Gasteiger partial charge in [-0.1, -0.05) is 54.2 Å². The van der Waals surface area contributed by atoms with Gasteiger partial charge in [0.2, 0.25) is 0 Å². The van der Waals surface area contributed by atoms with Crippen LogP contribution in [-0.4, -0.2) is 13.1 Å². The summed E-state index contributed by atoms with van der Waals surface area (Å²) in [6, 6.07) is 6.14. The van der Waals surface area contributed by atoms with E-state index in [-0.39, 0.29) is 0 Å². The van der Waals surface area contributed by atoms with Crippen molar-refractivity contribution in [3.05, 3.63) is 27.7 Å². The summed E-state index contributed by atoms with van der Waals surface area (Å²) >= 11 is 9.76. The zero-order chi connectivity index (χ0) is 12.7. The van der Waals surface area contributed by atoms with Crippen LogP contribution in [-0.2, 0) is 0 Å². The molecule has 0 spiro atoms. The van der Waals surface area contributed by atoms with Crippen LogP contribution in [0.4, 0.5) is 5.69 Å². The van der Waals surface area contributed by atoms with Gasteiger partial charge in [0, 0.05) is 17.6 Å². The minimum Gasteiger partial charge on any atom is -0.370 e. The maximum Gasteiger partial charge on any atom is 0.0650 e. The quantitative estimate of drug-likeness (QED) is 0.641. The monoisotopic (exact) mass is 317 g/mol. The fraction of sp³-hybridized carbons (Fsp3) is 0.571. The van der Waals surface area contributed by atoms with Crippen molar-refractivity contribution in [2.75, 3.05) is 18.0 Å². The van der Waals surface area contributed by atoms with Gasteiger partial charge in [0.15, 0.2) is 0 Å². The number of hydrogen-bond donors (Lipinski definition) is 0. The maximum absolute atomic E-state index is 6.31. The van der Waals surface area contributed by atoms with Crippen LogP contribution in [0.15, 0.2) is 22.7 Å². The average molecular weight is 319 g/mol. The van der Waals surface area contributed by atoms with Gasteiger partial charge in [0.05, 0.1) is 10.7 Å². The van der Waals surface area contributed by atoms with E-state index in [0.29, 0.717) is 0 Å². The maximum atomic E-state index is 6.31. The highest BCUT2D eigenvalue weighted by Gasteiger charge is 2.09. The fourth-order valence-corrected chi connectivity index (χ4v) is 2.58. The Morgan fingerprint density at radius 1 is 1.12 bits per heavy atom. The lowest BCUT2D eigenvalue weighted by molar-refractivity contribution is 0.678. The lowest BCUT2D eigenvalue weighted by atomic mass is 10.2. The van der Waals surface area contributed by atoms with Crippen molar-refractivity contribution in [2.24, 2.45) is 0 Å². The molecular weight excluding hydrogens is 298 g/mol. The van der Waals surface area contributed by atoms with E-state index in [9.17, 15) is 0 Å². The van der Waals surface area contributed by atoms with Crippen LogP contribution in [0.5, 0.6) is 0 Å². The molecule has 0 heterocycles. The second kappa shape index (κ2) is 7.99. The second-order valence-electron chi connectivity index (χ2n) is 4.29. The van der Waals surface area contributed by atoms with Crippen molar-refractivity contribution < 1.29 is 0 Å². The summed E-state index contributed by atoms with van der Waals surface area (Å²) in [6.45, 7) is 6.64. The topological polar surface area (TPSA) is 3.24 Å². The molecule has 0 amide bonds. The second-order valence-corrected chi connectivity index (χ2v) is 5.61. The molecule has 0 unspecified atom stereocenters. The first-order valence-corrected chi connectivity index (χ1v) is 7.56. The largest absolute Gasteiger partial charge is 0.370 e. The third-order valence-electron chi connectivity index (χ3n) is 2.81. The van der Waals surface area contributed by atoms with Gasteiger partial charge in [-0.25, -0.2) is 0 Å². The summed E-state index contributed by atoms with van der Waals surface area (Å²) in [5, 5.41) is 0.839. The molecule has 3 heteroatoms. The molecule has 0 aromatic heterocycles. The van der Waals surface area contributed by atoms with Gasteiger partial charge < -0.3 is 4.90 Å². The number of anilines is 1. The van der Waals surface area contributed by atoms with Gasteiger partial charge >= 0.3 is 0 Å². The molecular formula is C14H21BrClN. The predicted molar refractivity (Wildman–Crippen MR) is 81.2 cm³/mol. The highest BCUT2D eigenvalue weighted by atomic mass is 79.9. The molecule has 0 N–H and O–H groups in total. The van der Waals surface area contributed by atoms with E-state index >= 15 is 0 Å². The first kappa shape index (κ1) is 14.8. The highest BCUT2D eigenvalue weighted by Crippen LogP contribution is 2.29. The van der Waals surface area contributed by atoms with Crippen molar-refractivity contribution >= 4 is 33.2 Å². The van der Waals surface area contributed by atoms with Crippen LogP contribution < -0.4 is 4.90 Å². The molecule has 0 atom stereocenters. The van der Waals surface area contributed by atoms with E-state index in [1.165, 1.54) is 25.7 Å². The van der Waals surface area contributed by atoms with Crippen molar-refractivity contribution in [1.82, 2.24) is 0 Å². The SMILES string of the molecule is CCCCN(CCCC)c1ccc(Br)cc1Cl. The minimum absolute atomic E-state index is 0.839. The summed E-state index contributed by atoms with van der Waals surface area (Å²) in [6.07, 6.45) is 4.87. The summed E-state index contributed by atoms with van der Waals surface area (Å²) in [4.78, 5) is 2.40. The van der Waals surface area contributed by atoms with Gasteiger partial charge in [0.25, 0.3) is 0 Å². The van der Waals surface area contributed by atoms with Crippen molar-refractivity contribution in [3.63, 3.8) is 0 Å².